The zero-order chi connectivity index (χ0) is 57.9. The number of benzene rings is 3. The zero-order valence-corrected chi connectivity index (χ0v) is 40.2. The fraction of sp³-hybridized carbons (Fsp3) is 0.458. The summed E-state index contributed by atoms with van der Waals surface area (Å²) in [7, 11) is 2.53. The summed E-state index contributed by atoms with van der Waals surface area (Å²) in [5.41, 5.74) is -0.761. The van der Waals surface area contributed by atoms with Gasteiger partial charge in [-0.1, -0.05) is 12.1 Å². The highest BCUT2D eigenvalue weighted by Gasteiger charge is 2.90. The van der Waals surface area contributed by atoms with Crippen molar-refractivity contribution in [2.45, 2.75) is 98.5 Å². The minimum atomic E-state index is -8.12. The van der Waals surface area contributed by atoms with Crippen molar-refractivity contribution in [1.82, 2.24) is 9.55 Å². The van der Waals surface area contributed by atoms with E-state index in [1.165, 1.54) is 43.5 Å². The Balaban J connectivity index is 1.16. The second-order valence-corrected chi connectivity index (χ2v) is 17.4. The predicted octanol–water partition coefficient (Wildman–Crippen LogP) is 6.89. The van der Waals surface area contributed by atoms with Crippen molar-refractivity contribution in [2.75, 3.05) is 40.6 Å². The van der Waals surface area contributed by atoms with E-state index in [1.54, 1.807) is 18.2 Å². The molecular weight excluding hydrogens is 1090 g/mol. The van der Waals surface area contributed by atoms with Crippen LogP contribution in [0.1, 0.15) is 47.8 Å². The van der Waals surface area contributed by atoms with Crippen LogP contribution in [0.2, 0.25) is 0 Å². The third kappa shape index (κ3) is 12.1. The molecule has 0 saturated carbocycles. The van der Waals surface area contributed by atoms with Crippen molar-refractivity contribution >= 4 is 28.7 Å². The quantitative estimate of drug-likeness (QED) is 0.0247. The van der Waals surface area contributed by atoms with Crippen LogP contribution in [0.5, 0.6) is 5.75 Å². The molecule has 3 aromatic rings. The molecule has 30 heteroatoms. The van der Waals surface area contributed by atoms with Crippen molar-refractivity contribution in [3.63, 3.8) is 0 Å². The molecule has 5 atom stereocenters. The lowest BCUT2D eigenvalue weighted by molar-refractivity contribution is -0.440. The van der Waals surface area contributed by atoms with E-state index in [9.17, 15) is 96.1 Å². The maximum absolute atomic E-state index is 14.6. The average molecular weight is 1130 g/mol. The summed E-state index contributed by atoms with van der Waals surface area (Å²) in [5, 5.41) is 21.1. The van der Waals surface area contributed by atoms with Crippen LogP contribution in [0, 0.1) is 0 Å². The highest BCUT2D eigenvalue weighted by molar-refractivity contribution is 6.08. The molecule has 78 heavy (non-hydrogen) atoms. The van der Waals surface area contributed by atoms with Crippen LogP contribution < -0.4 is 21.4 Å². The van der Waals surface area contributed by atoms with Crippen molar-refractivity contribution < 1.29 is 115 Å². The van der Waals surface area contributed by atoms with Gasteiger partial charge in [0.2, 0.25) is 0 Å². The Morgan fingerprint density at radius 2 is 1.47 bits per heavy atom. The maximum Gasteiger partial charge on any atom is 0.460 e. The van der Waals surface area contributed by atoms with Gasteiger partial charge in [0.15, 0.2) is 11.7 Å². The fourth-order valence-corrected chi connectivity index (χ4v) is 8.05. The van der Waals surface area contributed by atoms with Crippen molar-refractivity contribution in [2.24, 2.45) is 0 Å². The number of nitrogens with zero attached hydrogens (tertiary/aromatic N) is 1. The van der Waals surface area contributed by atoms with Gasteiger partial charge in [0, 0.05) is 66.8 Å². The largest absolute Gasteiger partial charge is 0.497 e. The van der Waals surface area contributed by atoms with Gasteiger partial charge in [-0.15, -0.1) is 0 Å². The lowest BCUT2D eigenvalue weighted by Gasteiger charge is -2.39. The molecule has 1 aliphatic carbocycles. The molecular formula is C48H43F13N2O15. The molecule has 6 rings (SSSR count). The molecule has 3 aliphatic rings. The Bertz CT molecular complexity index is 3140. The van der Waals surface area contributed by atoms with Crippen molar-refractivity contribution in [3.05, 3.63) is 109 Å². The number of ether oxygens (including phenoxy) is 6. The van der Waals surface area contributed by atoms with Crippen LogP contribution in [0.15, 0.2) is 85.7 Å². The van der Waals surface area contributed by atoms with Gasteiger partial charge in [0.1, 0.15) is 53.9 Å². The number of aliphatic hydroxyl groups excluding tert-OH is 2. The monoisotopic (exact) mass is 1130 g/mol. The second kappa shape index (κ2) is 23.2. The van der Waals surface area contributed by atoms with E-state index >= 15 is 0 Å². The summed E-state index contributed by atoms with van der Waals surface area (Å²) in [6.45, 7) is -4.25. The Labute approximate surface area is 428 Å². The van der Waals surface area contributed by atoms with Crippen LogP contribution >= 0.6 is 0 Å². The average Bonchev–Trinajstić information content (AvgIpc) is 3.87. The van der Waals surface area contributed by atoms with Gasteiger partial charge in [0.25, 0.3) is 5.56 Å². The molecule has 0 bridgehead atoms. The molecule has 3 N–H and O–H groups in total. The maximum atomic E-state index is 14.6. The van der Waals surface area contributed by atoms with E-state index in [-0.39, 0.29) is 27.9 Å². The Hall–Kier alpha value is -6.89. The van der Waals surface area contributed by atoms with Crippen molar-refractivity contribution in [3.8, 4) is 28.2 Å². The van der Waals surface area contributed by atoms with Crippen LogP contribution in [0.25, 0.3) is 33.4 Å². The summed E-state index contributed by atoms with van der Waals surface area (Å²) in [5.74, 6) is -40.2. The third-order valence-corrected chi connectivity index (χ3v) is 12.2. The Morgan fingerprint density at radius 3 is 2.12 bits per heavy atom. The summed E-state index contributed by atoms with van der Waals surface area (Å²) in [6.07, 6.45) is -21.1. The molecule has 1 aromatic heterocycles. The standard InChI is InChI=1S/C48H43F13N2O15/c1-72-26-7-10-30-33(19-26)77-32-18-25(66)5-9-29(32)37(30)28-8-4-23(17-31(28)41(70)73-2)16-24(65)6-11-36(68)75-21-27(22-76-39-38(69)34(20-64)78-40(39)63-14-12-35(67)62-42(63)71)74-15-3-13-43(49,50)44(51,52)45(53,54)46(55,56)47(57,58)48(59,60)61/h4-5,7-10,12,14,17-19,27,34,38-40,64,69H,3,6,11,13,15-16,20-22H2,1-2H3,(H,62,67,71)/t27?,34-,38+,39?,40-/m1/s1. The molecule has 0 radical (unpaired) electrons. The van der Waals surface area contributed by atoms with E-state index in [0.29, 0.717) is 32.4 Å². The number of Topliss-reactive ketones (excluding diaryl/α,β-unsaturated/α-hetero) is 1. The molecule has 426 valence electrons. The number of H-pyrrole nitrogens is 1. The summed E-state index contributed by atoms with van der Waals surface area (Å²) < 4.78 is 216. The number of ketones is 1. The second-order valence-electron chi connectivity index (χ2n) is 17.4. The lowest BCUT2D eigenvalue weighted by Crippen LogP contribution is -2.70. The summed E-state index contributed by atoms with van der Waals surface area (Å²) in [6, 6.07) is 14.1. The van der Waals surface area contributed by atoms with Crippen LogP contribution in [0.4, 0.5) is 57.1 Å². The molecule has 0 amide bonds. The van der Waals surface area contributed by atoms with Crippen LogP contribution in [0.3, 0.4) is 0 Å². The summed E-state index contributed by atoms with van der Waals surface area (Å²) >= 11 is 0. The molecule has 1 fully saturated rings. The number of aromatic amines is 1. The number of methoxy groups -OCH3 is 2. The van der Waals surface area contributed by atoms with Gasteiger partial charge >= 0.3 is 53.4 Å². The number of hydrogen-bond donors (Lipinski definition) is 3. The van der Waals surface area contributed by atoms with Gasteiger partial charge in [-0.3, -0.25) is 28.7 Å². The Kier molecular flexibility index (Phi) is 18.0. The first kappa shape index (κ1) is 60.3. The fourth-order valence-electron chi connectivity index (χ4n) is 8.05. The molecule has 2 unspecified atom stereocenters. The number of carbonyl (C=O) groups excluding carboxylic acids is 3. The van der Waals surface area contributed by atoms with Gasteiger partial charge in [-0.05, 0) is 47.9 Å². The van der Waals surface area contributed by atoms with E-state index in [2.05, 4.69) is 0 Å². The highest BCUT2D eigenvalue weighted by atomic mass is 19.4. The van der Waals surface area contributed by atoms with Gasteiger partial charge < -0.3 is 43.1 Å². The minimum absolute atomic E-state index is 0.0329. The lowest BCUT2D eigenvalue weighted by atomic mass is 9.89. The van der Waals surface area contributed by atoms with Gasteiger partial charge in [-0.2, -0.15) is 57.1 Å². The number of carbonyl (C=O) groups is 3. The number of halogens is 13. The third-order valence-electron chi connectivity index (χ3n) is 12.2. The molecule has 17 nitrogen and oxygen atoms in total. The first-order chi connectivity index (χ1) is 36.3. The molecule has 2 aliphatic heterocycles. The van der Waals surface area contributed by atoms with E-state index < -0.39 is 154 Å². The zero-order valence-electron chi connectivity index (χ0n) is 40.2. The minimum Gasteiger partial charge on any atom is -0.497 e. The number of nitrogens with one attached hydrogen (secondary N) is 1. The molecule has 2 aromatic carbocycles. The molecule has 3 heterocycles. The number of alkyl halides is 13. The molecule has 0 spiro atoms. The summed E-state index contributed by atoms with van der Waals surface area (Å²) in [4.78, 5) is 77.9. The normalized spacial score (nSPS) is 18.1. The van der Waals surface area contributed by atoms with E-state index in [0.717, 1.165) is 19.4 Å². The SMILES string of the molecule is COC(=O)c1cc(CC(=O)CCC(=O)OCC(COC2[C@@H](O)[C@@H](CO)O[C@H]2n2ccc(=O)[nH]c2=O)OCCCC(F)(F)C(F)(F)C(F)(F)C(F)(F)C(F)(F)C(F)(F)F)ccc1-c1c2ccc(=O)cc-2oc2cc(OC)ccc12. The Morgan fingerprint density at radius 1 is 0.795 bits per heavy atom. The first-order valence-corrected chi connectivity index (χ1v) is 22.7. The topological polar surface area (TPSA) is 232 Å². The number of hydrogen-bond acceptors (Lipinski definition) is 15. The smallest absolute Gasteiger partial charge is 0.460 e. The first-order valence-electron chi connectivity index (χ1n) is 22.7. The highest BCUT2D eigenvalue weighted by Crippen LogP contribution is 2.61. The number of rotatable bonds is 24. The predicted molar refractivity (Wildman–Crippen MR) is 239 cm³/mol. The van der Waals surface area contributed by atoms with E-state index in [4.69, 9.17) is 32.8 Å². The number of esters is 2. The van der Waals surface area contributed by atoms with Crippen LogP contribution in [-0.2, 0) is 39.7 Å². The van der Waals surface area contributed by atoms with Gasteiger partial charge in [0.05, 0.1) is 39.4 Å². The van der Waals surface area contributed by atoms with Crippen molar-refractivity contribution in [1.29, 1.82) is 0 Å². The van der Waals surface area contributed by atoms with Gasteiger partial charge in [-0.25, -0.2) is 9.59 Å². The number of fused-ring (bicyclic) bond motifs is 2. The molecule has 1 saturated heterocycles. The number of aromatic nitrogens is 2. The van der Waals surface area contributed by atoms with E-state index in [1.807, 2.05) is 4.98 Å². The van der Waals surface area contributed by atoms with Crippen LogP contribution in [-0.4, -0.2) is 138 Å². The number of aliphatic hydroxyl groups is 2.